The average molecular weight is 174 g/mol. The third-order valence-corrected chi connectivity index (χ3v) is 1.74. The molecular weight excluding hydrogens is 156 g/mol. The van der Waals surface area contributed by atoms with Crippen LogP contribution < -0.4 is 0 Å². The molecule has 72 valence electrons. The highest BCUT2D eigenvalue weighted by atomic mass is 16.5. The van der Waals surface area contributed by atoms with Crippen molar-refractivity contribution in [1.29, 1.82) is 0 Å². The molecule has 1 atom stereocenters. The molecule has 0 heterocycles. The number of carbonyl (C=O) groups excluding carboxylic acids is 1. The highest BCUT2D eigenvalue weighted by molar-refractivity contribution is 5.72. The van der Waals surface area contributed by atoms with Crippen molar-refractivity contribution >= 4 is 5.97 Å². The first-order chi connectivity index (χ1) is 5.63. The second-order valence-electron chi connectivity index (χ2n) is 3.06. The van der Waals surface area contributed by atoms with Gasteiger partial charge in [0.1, 0.15) is 0 Å². The molecule has 3 nitrogen and oxygen atoms in total. The van der Waals surface area contributed by atoms with Crippen LogP contribution in [-0.2, 0) is 14.3 Å². The van der Waals surface area contributed by atoms with E-state index in [1.807, 2.05) is 20.8 Å². The summed E-state index contributed by atoms with van der Waals surface area (Å²) in [5.74, 6) is -0.0201. The molecule has 0 aromatic heterocycles. The smallest absolute Gasteiger partial charge is 0.311 e. The fraction of sp³-hybridized carbons (Fsp3) is 0.889. The second kappa shape index (κ2) is 6.00. The van der Waals surface area contributed by atoms with Crippen LogP contribution in [0.25, 0.3) is 0 Å². The van der Waals surface area contributed by atoms with Gasteiger partial charge in [0.05, 0.1) is 19.1 Å². The van der Waals surface area contributed by atoms with Gasteiger partial charge < -0.3 is 9.47 Å². The summed E-state index contributed by atoms with van der Waals surface area (Å²) in [4.78, 5) is 11.3. The summed E-state index contributed by atoms with van der Waals surface area (Å²) in [7, 11) is 1.59. The Hall–Kier alpha value is -0.570. The third kappa shape index (κ3) is 3.72. The van der Waals surface area contributed by atoms with E-state index in [4.69, 9.17) is 9.47 Å². The van der Waals surface area contributed by atoms with Crippen molar-refractivity contribution in [3.05, 3.63) is 0 Å². The highest BCUT2D eigenvalue weighted by Gasteiger charge is 2.22. The van der Waals surface area contributed by atoms with Crippen LogP contribution in [0.15, 0.2) is 0 Å². The number of carbonyl (C=O) groups is 1. The molecule has 0 aliphatic heterocycles. The summed E-state index contributed by atoms with van der Waals surface area (Å²) in [6.07, 6.45) is 0. The van der Waals surface area contributed by atoms with E-state index < -0.39 is 0 Å². The Morgan fingerprint density at radius 1 is 1.42 bits per heavy atom. The maximum Gasteiger partial charge on any atom is 0.311 e. The molecule has 0 bridgehead atoms. The van der Waals surface area contributed by atoms with Crippen molar-refractivity contribution in [3.63, 3.8) is 0 Å². The largest absolute Gasteiger partial charge is 0.466 e. The van der Waals surface area contributed by atoms with Crippen molar-refractivity contribution in [1.82, 2.24) is 0 Å². The molecule has 12 heavy (non-hydrogen) atoms. The molecule has 0 radical (unpaired) electrons. The Labute approximate surface area is 74.0 Å². The Kier molecular flexibility index (Phi) is 5.72. The summed E-state index contributed by atoms with van der Waals surface area (Å²) in [5, 5.41) is 0. The summed E-state index contributed by atoms with van der Waals surface area (Å²) in [5.41, 5.74) is 0. The Morgan fingerprint density at radius 2 is 2.00 bits per heavy atom. The van der Waals surface area contributed by atoms with Crippen LogP contribution in [-0.4, -0.2) is 26.3 Å². The third-order valence-electron chi connectivity index (χ3n) is 1.74. The number of rotatable bonds is 5. The van der Waals surface area contributed by atoms with Crippen molar-refractivity contribution in [2.24, 2.45) is 11.8 Å². The number of hydrogen-bond donors (Lipinski definition) is 0. The molecular formula is C9H18O3. The van der Waals surface area contributed by atoms with Crippen LogP contribution in [0.2, 0.25) is 0 Å². The highest BCUT2D eigenvalue weighted by Crippen LogP contribution is 2.12. The lowest BCUT2D eigenvalue weighted by Crippen LogP contribution is -2.26. The van der Waals surface area contributed by atoms with E-state index in [2.05, 4.69) is 0 Å². The Balaban J connectivity index is 4.00. The van der Waals surface area contributed by atoms with Crippen LogP contribution in [0.1, 0.15) is 20.8 Å². The quantitative estimate of drug-likeness (QED) is 0.592. The van der Waals surface area contributed by atoms with Crippen LogP contribution in [0, 0.1) is 11.8 Å². The molecule has 0 N–H and O–H groups in total. The van der Waals surface area contributed by atoms with Gasteiger partial charge >= 0.3 is 5.97 Å². The molecule has 0 aliphatic carbocycles. The van der Waals surface area contributed by atoms with Gasteiger partial charge in [-0.2, -0.15) is 0 Å². The molecule has 0 aromatic carbocycles. The fourth-order valence-corrected chi connectivity index (χ4v) is 0.962. The topological polar surface area (TPSA) is 35.5 Å². The molecule has 0 spiro atoms. The molecule has 0 fully saturated rings. The van der Waals surface area contributed by atoms with Crippen molar-refractivity contribution in [2.75, 3.05) is 20.3 Å². The molecule has 1 unspecified atom stereocenters. The Morgan fingerprint density at radius 3 is 2.33 bits per heavy atom. The van der Waals surface area contributed by atoms with Crippen LogP contribution in [0.3, 0.4) is 0 Å². The van der Waals surface area contributed by atoms with E-state index in [1.54, 1.807) is 7.11 Å². The predicted octanol–water partition coefficient (Wildman–Crippen LogP) is 1.47. The maximum absolute atomic E-state index is 11.3. The van der Waals surface area contributed by atoms with Crippen molar-refractivity contribution in [2.45, 2.75) is 20.8 Å². The predicted molar refractivity (Wildman–Crippen MR) is 46.8 cm³/mol. The zero-order valence-electron chi connectivity index (χ0n) is 8.29. The average Bonchev–Trinajstić information content (AvgIpc) is 1.99. The number of esters is 1. The fourth-order valence-electron chi connectivity index (χ4n) is 0.962. The van der Waals surface area contributed by atoms with E-state index >= 15 is 0 Å². The first kappa shape index (κ1) is 11.4. The zero-order chi connectivity index (χ0) is 9.56. The van der Waals surface area contributed by atoms with E-state index in [0.29, 0.717) is 13.2 Å². The monoisotopic (exact) mass is 174 g/mol. The van der Waals surface area contributed by atoms with Gasteiger partial charge in [0.2, 0.25) is 0 Å². The molecule has 0 rings (SSSR count). The minimum absolute atomic E-state index is 0.130. The van der Waals surface area contributed by atoms with Gasteiger partial charge in [0.25, 0.3) is 0 Å². The van der Waals surface area contributed by atoms with E-state index in [-0.39, 0.29) is 17.8 Å². The summed E-state index contributed by atoms with van der Waals surface area (Å²) in [6, 6.07) is 0. The summed E-state index contributed by atoms with van der Waals surface area (Å²) in [6.45, 7) is 6.66. The van der Waals surface area contributed by atoms with Gasteiger partial charge in [0.15, 0.2) is 0 Å². The Bertz CT molecular complexity index is 132. The van der Waals surface area contributed by atoms with Gasteiger partial charge in [-0.05, 0) is 12.8 Å². The molecule has 0 aromatic rings. The van der Waals surface area contributed by atoms with Gasteiger partial charge in [0, 0.05) is 7.11 Å². The first-order valence-corrected chi connectivity index (χ1v) is 4.29. The lowest BCUT2D eigenvalue weighted by Gasteiger charge is -2.17. The number of hydrogen-bond acceptors (Lipinski definition) is 3. The van der Waals surface area contributed by atoms with Crippen molar-refractivity contribution < 1.29 is 14.3 Å². The molecule has 0 saturated heterocycles. The maximum atomic E-state index is 11.3. The van der Waals surface area contributed by atoms with E-state index in [9.17, 15) is 4.79 Å². The van der Waals surface area contributed by atoms with Gasteiger partial charge in [-0.25, -0.2) is 0 Å². The van der Waals surface area contributed by atoms with Crippen molar-refractivity contribution in [3.8, 4) is 0 Å². The van der Waals surface area contributed by atoms with E-state index in [1.165, 1.54) is 0 Å². The van der Waals surface area contributed by atoms with Crippen LogP contribution >= 0.6 is 0 Å². The standard InChI is InChI=1S/C9H18O3/c1-5-12-9(10)8(6-11-4)7(2)3/h7-8H,5-6H2,1-4H3. The molecule has 0 amide bonds. The van der Waals surface area contributed by atoms with Crippen LogP contribution in [0.4, 0.5) is 0 Å². The van der Waals surface area contributed by atoms with Gasteiger partial charge in [-0.3, -0.25) is 4.79 Å². The van der Waals surface area contributed by atoms with Gasteiger partial charge in [-0.15, -0.1) is 0 Å². The first-order valence-electron chi connectivity index (χ1n) is 4.29. The van der Waals surface area contributed by atoms with Gasteiger partial charge in [-0.1, -0.05) is 13.8 Å². The van der Waals surface area contributed by atoms with E-state index in [0.717, 1.165) is 0 Å². The summed E-state index contributed by atoms with van der Waals surface area (Å²) >= 11 is 0. The molecule has 0 saturated carbocycles. The zero-order valence-corrected chi connectivity index (χ0v) is 8.29. The number of ether oxygens (including phenoxy) is 2. The SMILES string of the molecule is CCOC(=O)C(COC)C(C)C. The van der Waals surface area contributed by atoms with Crippen LogP contribution in [0.5, 0.6) is 0 Å². The summed E-state index contributed by atoms with van der Waals surface area (Å²) < 4.78 is 9.83. The normalized spacial score (nSPS) is 13.1. The second-order valence-corrected chi connectivity index (χ2v) is 3.06. The minimum Gasteiger partial charge on any atom is -0.466 e. The molecule has 0 aliphatic rings. The minimum atomic E-state index is -0.158. The lowest BCUT2D eigenvalue weighted by atomic mass is 9.97. The number of methoxy groups -OCH3 is 1. The lowest BCUT2D eigenvalue weighted by molar-refractivity contribution is -0.151. The molecule has 3 heteroatoms.